The topological polar surface area (TPSA) is 106 Å². The van der Waals surface area contributed by atoms with Crippen molar-refractivity contribution in [3.8, 4) is 5.82 Å². The first kappa shape index (κ1) is 26.2. The van der Waals surface area contributed by atoms with E-state index in [1.165, 1.54) is 57.8 Å². The third kappa shape index (κ3) is 5.01. The Morgan fingerprint density at radius 2 is 1.64 bits per heavy atom. The van der Waals surface area contributed by atoms with Gasteiger partial charge in [-0.1, -0.05) is 44.4 Å². The highest BCUT2D eigenvalue weighted by Gasteiger charge is 2.41. The van der Waals surface area contributed by atoms with Gasteiger partial charge in [0.25, 0.3) is 11.1 Å². The second-order valence-electron chi connectivity index (χ2n) is 12.2. The predicted molar refractivity (Wildman–Crippen MR) is 151 cm³/mol. The molecule has 0 aromatic carbocycles. The van der Waals surface area contributed by atoms with Gasteiger partial charge in [-0.05, 0) is 75.7 Å². The van der Waals surface area contributed by atoms with E-state index in [0.29, 0.717) is 28.7 Å². The maximum atomic E-state index is 14.1. The first-order valence-electron chi connectivity index (χ1n) is 14.8. The SMILES string of the molecule is C=CC=c1c(=CC)nc(-n2ncc(=O)[nH]c2=O)c(=O)n1C1CC2CCCC(C1)N(C1CC3CCCC(C3)C1)C2. The Hall–Kier alpha value is -3.07. The van der Waals surface area contributed by atoms with E-state index in [9.17, 15) is 14.4 Å². The lowest BCUT2D eigenvalue weighted by Gasteiger charge is -2.46. The van der Waals surface area contributed by atoms with Crippen molar-refractivity contribution in [2.75, 3.05) is 6.54 Å². The maximum absolute atomic E-state index is 14.1. The predicted octanol–water partition coefficient (Wildman–Crippen LogP) is 2.02. The molecule has 4 aliphatic rings. The Morgan fingerprint density at radius 1 is 0.923 bits per heavy atom. The van der Waals surface area contributed by atoms with Crippen molar-refractivity contribution in [2.45, 2.75) is 95.7 Å². The Kier molecular flexibility index (Phi) is 7.27. The third-order valence-electron chi connectivity index (χ3n) is 9.79. The second kappa shape index (κ2) is 10.8. The number of allylic oxidation sites excluding steroid dienone is 1. The van der Waals surface area contributed by atoms with E-state index in [4.69, 9.17) is 0 Å². The molecule has 2 saturated carbocycles. The van der Waals surface area contributed by atoms with Crippen LogP contribution in [-0.4, -0.2) is 47.8 Å². The summed E-state index contributed by atoms with van der Waals surface area (Å²) < 4.78 is 2.76. The van der Waals surface area contributed by atoms with Gasteiger partial charge in [0.2, 0.25) is 5.82 Å². The first-order valence-corrected chi connectivity index (χ1v) is 14.8. The summed E-state index contributed by atoms with van der Waals surface area (Å²) in [5, 5.41) is 5.26. The monoisotopic (exact) mass is 532 g/mol. The molecule has 2 saturated heterocycles. The summed E-state index contributed by atoms with van der Waals surface area (Å²) in [5.41, 5.74) is -1.74. The molecular formula is C30H40N6O3. The van der Waals surface area contributed by atoms with Gasteiger partial charge in [-0.2, -0.15) is 9.78 Å². The molecule has 2 aromatic heterocycles. The molecule has 5 unspecified atom stereocenters. The highest BCUT2D eigenvalue weighted by molar-refractivity contribution is 5.36. The minimum absolute atomic E-state index is 0.0222. The highest BCUT2D eigenvalue weighted by Crippen LogP contribution is 2.45. The van der Waals surface area contributed by atoms with E-state index in [1.54, 1.807) is 6.08 Å². The molecule has 9 heteroatoms. The minimum atomic E-state index is -0.770. The molecule has 2 aromatic rings. The van der Waals surface area contributed by atoms with Gasteiger partial charge in [-0.25, -0.2) is 9.78 Å². The van der Waals surface area contributed by atoms with E-state index in [2.05, 4.69) is 26.5 Å². The summed E-state index contributed by atoms with van der Waals surface area (Å²) in [6.07, 6.45) is 20.1. The lowest BCUT2D eigenvalue weighted by Crippen LogP contribution is -2.51. The number of aromatic amines is 1. The van der Waals surface area contributed by atoms with Crippen molar-refractivity contribution < 1.29 is 0 Å². The van der Waals surface area contributed by atoms with E-state index >= 15 is 0 Å². The van der Waals surface area contributed by atoms with Gasteiger partial charge in [0, 0.05) is 24.7 Å². The fraction of sp³-hybridized carbons (Fsp3) is 0.633. The van der Waals surface area contributed by atoms with Crippen LogP contribution in [0.15, 0.2) is 33.2 Å². The van der Waals surface area contributed by atoms with Crippen molar-refractivity contribution in [1.29, 1.82) is 0 Å². The average molecular weight is 533 g/mol. The van der Waals surface area contributed by atoms with Gasteiger partial charge in [0.1, 0.15) is 6.20 Å². The summed E-state index contributed by atoms with van der Waals surface area (Å²) >= 11 is 0. The van der Waals surface area contributed by atoms with Gasteiger partial charge in [0.05, 0.1) is 10.7 Å². The molecular weight excluding hydrogens is 492 g/mol. The molecule has 0 radical (unpaired) electrons. The van der Waals surface area contributed by atoms with E-state index in [-0.39, 0.29) is 17.4 Å². The van der Waals surface area contributed by atoms with Gasteiger partial charge >= 0.3 is 5.69 Å². The van der Waals surface area contributed by atoms with Crippen molar-refractivity contribution >= 4 is 12.2 Å². The fourth-order valence-electron chi connectivity index (χ4n) is 8.27. The van der Waals surface area contributed by atoms with E-state index < -0.39 is 11.2 Å². The number of fused-ring (bicyclic) bond motifs is 5. The normalized spacial score (nSPS) is 32.1. The van der Waals surface area contributed by atoms with Crippen LogP contribution in [-0.2, 0) is 0 Å². The summed E-state index contributed by atoms with van der Waals surface area (Å²) in [6, 6.07) is 1.08. The van der Waals surface area contributed by atoms with Crippen molar-refractivity contribution in [3.05, 3.63) is 60.7 Å². The van der Waals surface area contributed by atoms with Crippen molar-refractivity contribution in [3.63, 3.8) is 0 Å². The molecule has 4 heterocycles. The van der Waals surface area contributed by atoms with Gasteiger partial charge in [-0.3, -0.25) is 19.5 Å². The standard InChI is InChI=1S/C30H40N6O3/c1-3-7-26-25(4-2)32-28(36-30(39)33-27(37)17-31-36)29(38)35(26)24-15-21-10-6-11-22(16-24)34(18-21)23-13-19-8-5-9-20(12-19)14-23/h3-4,7,17,19-24H,1,5-6,8-16,18H2,2H3,(H,33,37,39). The molecule has 4 fully saturated rings. The van der Waals surface area contributed by atoms with Crippen LogP contribution in [0.4, 0.5) is 0 Å². The molecule has 4 bridgehead atoms. The summed E-state index contributed by atoms with van der Waals surface area (Å²) in [6.45, 7) is 6.89. The number of nitrogens with zero attached hydrogens (tertiary/aromatic N) is 5. The van der Waals surface area contributed by atoms with E-state index in [1.807, 2.05) is 23.6 Å². The zero-order valence-electron chi connectivity index (χ0n) is 22.9. The maximum Gasteiger partial charge on any atom is 0.351 e. The molecule has 5 atom stereocenters. The zero-order valence-corrected chi connectivity index (χ0v) is 22.9. The fourth-order valence-corrected chi connectivity index (χ4v) is 8.27. The highest BCUT2D eigenvalue weighted by atomic mass is 16.2. The minimum Gasteiger partial charge on any atom is -0.300 e. The summed E-state index contributed by atoms with van der Waals surface area (Å²) in [5.74, 6) is 2.20. The van der Waals surface area contributed by atoms with E-state index in [0.717, 1.165) is 42.1 Å². The lowest BCUT2D eigenvalue weighted by molar-refractivity contribution is 0.0408. The molecule has 0 spiro atoms. The molecule has 2 aliphatic carbocycles. The van der Waals surface area contributed by atoms with Crippen molar-refractivity contribution in [2.24, 2.45) is 17.8 Å². The Balaban J connectivity index is 1.44. The number of hydrogen-bond donors (Lipinski definition) is 1. The largest absolute Gasteiger partial charge is 0.351 e. The van der Waals surface area contributed by atoms with Crippen LogP contribution in [0.5, 0.6) is 0 Å². The van der Waals surface area contributed by atoms with Gasteiger partial charge in [-0.15, -0.1) is 0 Å². The molecule has 0 amide bonds. The molecule has 208 valence electrons. The quantitative estimate of drug-likeness (QED) is 0.646. The number of aromatic nitrogens is 5. The second-order valence-corrected chi connectivity index (χ2v) is 12.2. The number of hydrogen-bond acceptors (Lipinski definition) is 6. The summed E-state index contributed by atoms with van der Waals surface area (Å²) in [4.78, 5) is 48.0. The average Bonchev–Trinajstić information content (AvgIpc) is 3.21. The first-order chi connectivity index (χ1) is 18.9. The molecule has 2 aliphatic heterocycles. The van der Waals surface area contributed by atoms with Crippen molar-refractivity contribution in [1.82, 2.24) is 29.2 Å². The lowest BCUT2D eigenvalue weighted by atomic mass is 9.70. The molecule has 1 N–H and O–H groups in total. The molecule has 39 heavy (non-hydrogen) atoms. The van der Waals surface area contributed by atoms with Crippen LogP contribution in [0.2, 0.25) is 0 Å². The molecule has 6 rings (SSSR count). The number of H-pyrrole nitrogens is 1. The van der Waals surface area contributed by atoms with Crippen LogP contribution >= 0.6 is 0 Å². The van der Waals surface area contributed by atoms with Crippen LogP contribution in [0.1, 0.15) is 83.6 Å². The smallest absolute Gasteiger partial charge is 0.300 e. The third-order valence-corrected chi connectivity index (χ3v) is 9.79. The van der Waals surface area contributed by atoms with Crippen LogP contribution in [0.25, 0.3) is 18.0 Å². The molecule has 9 nitrogen and oxygen atoms in total. The van der Waals surface area contributed by atoms with Crippen LogP contribution < -0.4 is 27.5 Å². The zero-order chi connectivity index (χ0) is 27.1. The number of nitrogens with one attached hydrogen (secondary N) is 1. The van der Waals surface area contributed by atoms with Gasteiger partial charge in [0.15, 0.2) is 0 Å². The Morgan fingerprint density at radius 3 is 2.36 bits per heavy atom. The van der Waals surface area contributed by atoms with Crippen LogP contribution in [0.3, 0.4) is 0 Å². The number of rotatable bonds is 4. The van der Waals surface area contributed by atoms with Crippen LogP contribution in [0, 0.1) is 17.8 Å². The van der Waals surface area contributed by atoms with Gasteiger partial charge < -0.3 is 4.57 Å². The Bertz CT molecular complexity index is 1530. The Labute approximate surface area is 228 Å². The summed E-state index contributed by atoms with van der Waals surface area (Å²) in [7, 11) is 0.